The molecule has 30 heavy (non-hydrogen) atoms. The second-order valence-electron chi connectivity index (χ2n) is 7.38. The number of rotatable bonds is 6. The van der Waals surface area contributed by atoms with Crippen LogP contribution in [0.1, 0.15) is 53.2 Å². The Morgan fingerprint density at radius 3 is 2.57 bits per heavy atom. The first-order valence-electron chi connectivity index (χ1n) is 8.81. The van der Waals surface area contributed by atoms with Crippen molar-refractivity contribution >= 4 is 62.9 Å². The molecular weight excluding hydrogens is 485 g/mol. The Kier molecular flexibility index (Phi) is 7.32. The van der Waals surface area contributed by atoms with Crippen LogP contribution >= 0.6 is 46.1 Å². The van der Waals surface area contributed by atoms with Crippen molar-refractivity contribution in [1.82, 2.24) is 14.7 Å². The van der Waals surface area contributed by atoms with Crippen molar-refractivity contribution in [3.63, 3.8) is 0 Å². The number of benzene rings is 1. The summed E-state index contributed by atoms with van der Waals surface area (Å²) in [5, 5.41) is 0.608. The van der Waals surface area contributed by atoms with E-state index in [0.29, 0.717) is 19.8 Å². The SMILES string of the molecule is CC(C)(C)S(=O)NC(c1cccc(Cl)c1)c1cc(C(=O)c2cncnc2Cl)sc1Cl. The van der Waals surface area contributed by atoms with Crippen LogP contribution in [0.4, 0.5) is 0 Å². The van der Waals surface area contributed by atoms with Gasteiger partial charge in [-0.1, -0.05) is 46.9 Å². The number of aromatic nitrogens is 2. The fraction of sp³-hybridized carbons (Fsp3) is 0.250. The van der Waals surface area contributed by atoms with Crippen molar-refractivity contribution in [3.05, 3.63) is 78.9 Å². The van der Waals surface area contributed by atoms with Gasteiger partial charge in [-0.2, -0.15) is 0 Å². The molecule has 0 spiro atoms. The maximum Gasteiger partial charge on any atom is 0.207 e. The molecule has 0 bridgehead atoms. The molecule has 2 atom stereocenters. The molecule has 0 fully saturated rings. The number of hydrogen-bond acceptors (Lipinski definition) is 5. The number of hydrogen-bond donors (Lipinski definition) is 1. The molecule has 1 N–H and O–H groups in total. The van der Waals surface area contributed by atoms with Crippen molar-refractivity contribution in [2.24, 2.45) is 0 Å². The third-order valence-electron chi connectivity index (χ3n) is 4.12. The van der Waals surface area contributed by atoms with Crippen LogP contribution in [-0.2, 0) is 11.0 Å². The Labute approximate surface area is 196 Å². The summed E-state index contributed by atoms with van der Waals surface area (Å²) in [6, 6.07) is 8.34. The van der Waals surface area contributed by atoms with Gasteiger partial charge in [-0.25, -0.2) is 18.9 Å². The van der Waals surface area contributed by atoms with Crippen molar-refractivity contribution < 1.29 is 9.00 Å². The van der Waals surface area contributed by atoms with Crippen LogP contribution in [0.15, 0.2) is 42.9 Å². The van der Waals surface area contributed by atoms with Gasteiger partial charge >= 0.3 is 0 Å². The van der Waals surface area contributed by atoms with Crippen LogP contribution < -0.4 is 4.72 Å². The number of carbonyl (C=O) groups is 1. The number of thiophene rings is 1. The summed E-state index contributed by atoms with van der Waals surface area (Å²) in [6.45, 7) is 5.60. The van der Waals surface area contributed by atoms with Gasteiger partial charge in [-0.05, 0) is 44.5 Å². The van der Waals surface area contributed by atoms with Crippen molar-refractivity contribution in [2.45, 2.75) is 31.6 Å². The largest absolute Gasteiger partial charge is 0.288 e. The van der Waals surface area contributed by atoms with E-state index in [1.807, 2.05) is 26.8 Å². The fourth-order valence-electron chi connectivity index (χ4n) is 2.57. The Balaban J connectivity index is 2.05. The van der Waals surface area contributed by atoms with Gasteiger partial charge in [0.2, 0.25) is 5.78 Å². The molecule has 0 aliphatic carbocycles. The second-order valence-corrected chi connectivity index (χ2v) is 11.8. The monoisotopic (exact) mass is 501 g/mol. The lowest BCUT2D eigenvalue weighted by Crippen LogP contribution is -2.36. The molecule has 5 nitrogen and oxygen atoms in total. The summed E-state index contributed by atoms with van der Waals surface area (Å²) in [5.41, 5.74) is 1.59. The third-order valence-corrected chi connectivity index (χ3v) is 7.61. The van der Waals surface area contributed by atoms with Gasteiger partial charge in [0.15, 0.2) is 0 Å². The van der Waals surface area contributed by atoms with Crippen LogP contribution in [0.5, 0.6) is 0 Å². The molecule has 1 aromatic carbocycles. The van der Waals surface area contributed by atoms with Crippen LogP contribution in [0.3, 0.4) is 0 Å². The van der Waals surface area contributed by atoms with Gasteiger partial charge in [0.1, 0.15) is 11.5 Å². The molecule has 2 heterocycles. The molecule has 0 amide bonds. The van der Waals surface area contributed by atoms with Crippen LogP contribution in [0.2, 0.25) is 14.5 Å². The van der Waals surface area contributed by atoms with E-state index >= 15 is 0 Å². The van der Waals surface area contributed by atoms with E-state index in [1.165, 1.54) is 12.5 Å². The molecule has 158 valence electrons. The van der Waals surface area contributed by atoms with Crippen molar-refractivity contribution in [3.8, 4) is 0 Å². The van der Waals surface area contributed by atoms with Gasteiger partial charge in [0.05, 0.1) is 36.6 Å². The molecule has 0 saturated heterocycles. The molecular formula is C20H18Cl3N3O2S2. The highest BCUT2D eigenvalue weighted by atomic mass is 35.5. The van der Waals surface area contributed by atoms with E-state index < -0.39 is 21.8 Å². The Bertz CT molecular complexity index is 1110. The third kappa shape index (κ3) is 5.28. The fourth-order valence-corrected chi connectivity index (χ4v) is 5.07. The number of nitrogens with one attached hydrogen (secondary N) is 1. The van der Waals surface area contributed by atoms with Crippen LogP contribution in [0, 0.1) is 0 Å². The zero-order chi connectivity index (χ0) is 22.1. The zero-order valence-electron chi connectivity index (χ0n) is 16.3. The number of ketones is 1. The summed E-state index contributed by atoms with van der Waals surface area (Å²) < 4.78 is 15.9. The summed E-state index contributed by atoms with van der Waals surface area (Å²) in [5.74, 6) is -0.333. The lowest BCUT2D eigenvalue weighted by atomic mass is 10.0. The number of nitrogens with zero attached hydrogens (tertiary/aromatic N) is 2. The Morgan fingerprint density at radius 2 is 1.93 bits per heavy atom. The molecule has 2 unspecified atom stereocenters. The van der Waals surface area contributed by atoms with Gasteiger partial charge in [0.25, 0.3) is 0 Å². The first-order valence-corrected chi connectivity index (χ1v) is 11.9. The summed E-state index contributed by atoms with van der Waals surface area (Å²) in [6.07, 6.45) is 2.64. The van der Waals surface area contributed by atoms with Crippen molar-refractivity contribution in [2.75, 3.05) is 0 Å². The number of halogens is 3. The highest BCUT2D eigenvalue weighted by Crippen LogP contribution is 2.37. The quantitative estimate of drug-likeness (QED) is 0.338. The van der Waals surface area contributed by atoms with Crippen LogP contribution in [-0.4, -0.2) is 24.7 Å². The maximum atomic E-state index is 12.9. The summed E-state index contributed by atoms with van der Waals surface area (Å²) >= 11 is 19.9. The average molecular weight is 503 g/mol. The lowest BCUT2D eigenvalue weighted by Gasteiger charge is -2.24. The summed E-state index contributed by atoms with van der Waals surface area (Å²) in [7, 11) is -1.40. The minimum Gasteiger partial charge on any atom is -0.288 e. The van der Waals surface area contributed by atoms with E-state index in [1.54, 1.807) is 24.3 Å². The van der Waals surface area contributed by atoms with E-state index in [-0.39, 0.29) is 16.5 Å². The predicted octanol–water partition coefficient (Wildman–Crippen LogP) is 5.87. The second kappa shape index (κ2) is 9.42. The van der Waals surface area contributed by atoms with Crippen LogP contribution in [0.25, 0.3) is 0 Å². The topological polar surface area (TPSA) is 72.0 Å². The van der Waals surface area contributed by atoms with Gasteiger partial charge in [0, 0.05) is 16.8 Å². The standard InChI is InChI=1S/C20H18Cl3N3O2S2/c1-20(2,3)30(28)26-16(11-5-4-6-12(21)7-11)13-8-15(29-19(13)23)17(27)14-9-24-10-25-18(14)22/h4-10,16,26H,1-3H3. The van der Waals surface area contributed by atoms with E-state index in [4.69, 9.17) is 34.8 Å². The van der Waals surface area contributed by atoms with E-state index in [9.17, 15) is 9.00 Å². The molecule has 10 heteroatoms. The highest BCUT2D eigenvalue weighted by molar-refractivity contribution is 7.84. The molecule has 3 rings (SSSR count). The van der Waals surface area contributed by atoms with Crippen molar-refractivity contribution in [1.29, 1.82) is 0 Å². The summed E-state index contributed by atoms with van der Waals surface area (Å²) in [4.78, 5) is 21.0. The smallest absolute Gasteiger partial charge is 0.207 e. The Morgan fingerprint density at radius 1 is 1.20 bits per heavy atom. The van der Waals surface area contributed by atoms with E-state index in [2.05, 4.69) is 14.7 Å². The first kappa shape index (κ1) is 23.3. The predicted molar refractivity (Wildman–Crippen MR) is 124 cm³/mol. The number of carbonyl (C=O) groups excluding carboxylic acids is 1. The molecule has 0 aliphatic rings. The minimum atomic E-state index is -1.40. The zero-order valence-corrected chi connectivity index (χ0v) is 20.2. The minimum absolute atomic E-state index is 0.0689. The maximum absolute atomic E-state index is 12.9. The lowest BCUT2D eigenvalue weighted by molar-refractivity contribution is 0.104. The van der Waals surface area contributed by atoms with Gasteiger partial charge < -0.3 is 0 Å². The average Bonchev–Trinajstić information content (AvgIpc) is 3.06. The van der Waals surface area contributed by atoms with E-state index in [0.717, 1.165) is 16.9 Å². The van der Waals surface area contributed by atoms with Gasteiger partial charge in [-0.15, -0.1) is 11.3 Å². The molecule has 0 aliphatic heterocycles. The highest BCUT2D eigenvalue weighted by Gasteiger charge is 2.28. The Hall–Kier alpha value is -1.35. The van der Waals surface area contributed by atoms with Gasteiger partial charge in [-0.3, -0.25) is 4.79 Å². The normalized spacial score (nSPS) is 13.8. The molecule has 0 saturated carbocycles. The molecule has 0 radical (unpaired) electrons. The molecule has 2 aromatic heterocycles. The first-order chi connectivity index (χ1) is 14.1. The molecule has 3 aromatic rings.